The van der Waals surface area contributed by atoms with Crippen molar-refractivity contribution in [2.45, 2.75) is 309 Å². The number of allylic oxidation sites excluding steroid dienone is 6. The maximum absolute atomic E-state index is 12.8. The summed E-state index contributed by atoms with van der Waals surface area (Å²) in [6.45, 7) is 4.24. The van der Waals surface area contributed by atoms with Crippen molar-refractivity contribution in [1.29, 1.82) is 0 Å². The molecule has 0 radical (unpaired) electrons. The zero-order valence-electron chi connectivity index (χ0n) is 48.9. The Balaban J connectivity index is 3.98. The van der Waals surface area contributed by atoms with E-state index in [1.165, 1.54) is 212 Å². The van der Waals surface area contributed by atoms with E-state index in [2.05, 4.69) is 50.3 Å². The Bertz CT molecular complexity index is 1330. The summed E-state index contributed by atoms with van der Waals surface area (Å²) in [6, 6.07) is 0. The Labute approximate surface area is 452 Å². The van der Waals surface area contributed by atoms with Gasteiger partial charge in [0.05, 0.1) is 27.7 Å². The summed E-state index contributed by atoms with van der Waals surface area (Å²) in [5, 5.41) is 0. The van der Waals surface area contributed by atoms with Crippen molar-refractivity contribution in [3.63, 3.8) is 0 Å². The third-order valence-electron chi connectivity index (χ3n) is 13.9. The largest absolute Gasteiger partial charge is 0.756 e. The normalized spacial score (nSPS) is 13.5. The number of carbonyl (C=O) groups excluding carboxylic acids is 2. The summed E-state index contributed by atoms with van der Waals surface area (Å²) in [4.78, 5) is 37.8. The highest BCUT2D eigenvalue weighted by atomic mass is 31.2. The van der Waals surface area contributed by atoms with E-state index in [1.807, 2.05) is 21.1 Å². The van der Waals surface area contributed by atoms with Crippen molar-refractivity contribution < 1.29 is 42.1 Å². The molecule has 2 atom stereocenters. The van der Waals surface area contributed by atoms with E-state index in [4.69, 9.17) is 18.5 Å². The first kappa shape index (κ1) is 71.2. The first-order valence-corrected chi connectivity index (χ1v) is 32.7. The number of carbonyl (C=O) groups is 2. The van der Waals surface area contributed by atoms with Gasteiger partial charge in [0.15, 0.2) is 6.10 Å². The van der Waals surface area contributed by atoms with Crippen molar-refractivity contribution >= 4 is 19.8 Å². The Hall–Kier alpha value is -1.77. The molecule has 0 aromatic rings. The third kappa shape index (κ3) is 59.3. The molecule has 0 spiro atoms. The lowest BCUT2D eigenvalue weighted by Gasteiger charge is -2.28. The van der Waals surface area contributed by atoms with E-state index in [1.54, 1.807) is 0 Å². The Morgan fingerprint density at radius 1 is 0.425 bits per heavy atom. The lowest BCUT2D eigenvalue weighted by molar-refractivity contribution is -0.870. The molecule has 2 unspecified atom stereocenters. The quantitative estimate of drug-likeness (QED) is 0.0195. The van der Waals surface area contributed by atoms with Gasteiger partial charge in [-0.2, -0.15) is 0 Å². The molecule has 0 aromatic heterocycles. The molecule has 0 bridgehead atoms. The molecule has 0 amide bonds. The lowest BCUT2D eigenvalue weighted by atomic mass is 10.0. The Morgan fingerprint density at radius 2 is 0.740 bits per heavy atom. The van der Waals surface area contributed by atoms with Crippen molar-refractivity contribution in [3.8, 4) is 0 Å². The summed E-state index contributed by atoms with van der Waals surface area (Å²) >= 11 is 0. The molecule has 0 aliphatic rings. The SMILES string of the molecule is CCCCCC/C=C\C/C=C\CCCCCCCC(=O)OC(COC(=O)CCCCCCCCCCCCCCCCCCCCCCC/C=C\CCCCCCCCCC)COP(=O)([O-])OCC[N+](C)(C)C. The van der Waals surface area contributed by atoms with Gasteiger partial charge in [0.25, 0.3) is 7.82 Å². The third-order valence-corrected chi connectivity index (χ3v) is 14.8. The summed E-state index contributed by atoms with van der Waals surface area (Å²) in [6.07, 6.45) is 67.9. The number of phosphoric acid groups is 1. The van der Waals surface area contributed by atoms with Crippen LogP contribution in [0.15, 0.2) is 36.5 Å². The van der Waals surface area contributed by atoms with E-state index in [9.17, 15) is 19.0 Å². The number of nitrogens with zero attached hydrogens (tertiary/aromatic N) is 1. The average molecular weight is 1050 g/mol. The second-order valence-corrected chi connectivity index (χ2v) is 23.8. The van der Waals surface area contributed by atoms with Crippen molar-refractivity contribution in [3.05, 3.63) is 36.5 Å². The highest BCUT2D eigenvalue weighted by molar-refractivity contribution is 7.45. The minimum atomic E-state index is -4.64. The fraction of sp³-hybridized carbons (Fsp3) is 0.873. The standard InChI is InChI=1S/C63H120NO8P/c1-6-8-10-12-14-16-18-20-22-24-25-26-27-28-29-30-31-32-33-34-35-36-37-38-39-40-42-43-45-47-49-51-53-55-62(65)69-59-61(60-71-73(67,68)70-58-57-64(3,4)5)72-63(66)56-54-52-50-48-46-44-41-23-21-19-17-15-13-11-9-7-2/h17,19,23-25,41,61H,6-16,18,20-22,26-40,42-60H2,1-5H3/b19-17-,25-24-,41-23-. The predicted octanol–water partition coefficient (Wildman–Crippen LogP) is 18.9. The molecule has 0 saturated heterocycles. The highest BCUT2D eigenvalue weighted by Gasteiger charge is 2.22. The molecule has 73 heavy (non-hydrogen) atoms. The Morgan fingerprint density at radius 3 is 1.11 bits per heavy atom. The number of rotatable bonds is 58. The van der Waals surface area contributed by atoms with Crippen LogP contribution in [-0.2, 0) is 32.7 Å². The van der Waals surface area contributed by atoms with Crippen molar-refractivity contribution in [2.75, 3.05) is 47.5 Å². The molecule has 0 aliphatic heterocycles. The maximum atomic E-state index is 12.8. The second-order valence-electron chi connectivity index (χ2n) is 22.4. The number of likely N-dealkylation sites (N-methyl/N-ethyl adjacent to an activating group) is 1. The first-order valence-electron chi connectivity index (χ1n) is 31.2. The van der Waals surface area contributed by atoms with Gasteiger partial charge in [0.2, 0.25) is 0 Å². The van der Waals surface area contributed by atoms with Gasteiger partial charge in [0, 0.05) is 12.8 Å². The van der Waals surface area contributed by atoms with Gasteiger partial charge in [-0.05, 0) is 70.6 Å². The fourth-order valence-electron chi connectivity index (χ4n) is 9.04. The zero-order chi connectivity index (χ0) is 53.5. The maximum Gasteiger partial charge on any atom is 0.306 e. The highest BCUT2D eigenvalue weighted by Crippen LogP contribution is 2.38. The van der Waals surface area contributed by atoms with Gasteiger partial charge in [0.1, 0.15) is 19.8 Å². The van der Waals surface area contributed by atoms with E-state index in [0.717, 1.165) is 57.8 Å². The van der Waals surface area contributed by atoms with Crippen LogP contribution in [0.5, 0.6) is 0 Å². The molecule has 0 fully saturated rings. The Kier molecular flexibility index (Phi) is 53.7. The molecule has 0 rings (SSSR count). The molecule has 10 heteroatoms. The number of ether oxygens (including phenoxy) is 2. The fourth-order valence-corrected chi connectivity index (χ4v) is 9.77. The van der Waals surface area contributed by atoms with Crippen LogP contribution >= 0.6 is 7.82 Å². The monoisotopic (exact) mass is 1050 g/mol. The van der Waals surface area contributed by atoms with Crippen LogP contribution in [0.1, 0.15) is 303 Å². The number of quaternary nitrogens is 1. The van der Waals surface area contributed by atoms with Crippen LogP contribution < -0.4 is 4.89 Å². The number of esters is 2. The summed E-state index contributed by atoms with van der Waals surface area (Å²) < 4.78 is 34.1. The number of phosphoric ester groups is 1. The van der Waals surface area contributed by atoms with Gasteiger partial charge >= 0.3 is 11.9 Å². The van der Waals surface area contributed by atoms with Crippen LogP contribution in [0, 0.1) is 0 Å². The second kappa shape index (κ2) is 55.0. The first-order chi connectivity index (χ1) is 35.5. The molecule has 430 valence electrons. The number of hydrogen-bond donors (Lipinski definition) is 0. The van der Waals surface area contributed by atoms with E-state index in [-0.39, 0.29) is 32.0 Å². The molecule has 0 saturated carbocycles. The summed E-state index contributed by atoms with van der Waals surface area (Å²) in [7, 11) is 1.17. The van der Waals surface area contributed by atoms with Crippen LogP contribution in [0.25, 0.3) is 0 Å². The molecule has 9 nitrogen and oxygen atoms in total. The van der Waals surface area contributed by atoms with Crippen LogP contribution in [-0.4, -0.2) is 70.0 Å². The molecule has 0 heterocycles. The smallest absolute Gasteiger partial charge is 0.306 e. The van der Waals surface area contributed by atoms with Crippen LogP contribution in [0.4, 0.5) is 0 Å². The zero-order valence-corrected chi connectivity index (χ0v) is 49.7. The number of unbranched alkanes of at least 4 members (excludes halogenated alkanes) is 38. The van der Waals surface area contributed by atoms with Crippen molar-refractivity contribution in [1.82, 2.24) is 0 Å². The van der Waals surface area contributed by atoms with Crippen molar-refractivity contribution in [2.24, 2.45) is 0 Å². The van der Waals surface area contributed by atoms with Gasteiger partial charge in [-0.25, -0.2) is 0 Å². The minimum Gasteiger partial charge on any atom is -0.756 e. The molecular formula is C63H120NO8P. The topological polar surface area (TPSA) is 111 Å². The van der Waals surface area contributed by atoms with E-state index < -0.39 is 26.5 Å². The predicted molar refractivity (Wildman–Crippen MR) is 310 cm³/mol. The van der Waals surface area contributed by atoms with Gasteiger partial charge in [-0.3, -0.25) is 14.2 Å². The van der Waals surface area contributed by atoms with Gasteiger partial charge < -0.3 is 27.9 Å². The summed E-state index contributed by atoms with van der Waals surface area (Å²) in [5.41, 5.74) is 0. The van der Waals surface area contributed by atoms with Crippen LogP contribution in [0.2, 0.25) is 0 Å². The molecule has 0 aromatic carbocycles. The van der Waals surface area contributed by atoms with Gasteiger partial charge in [-0.1, -0.05) is 256 Å². The van der Waals surface area contributed by atoms with Crippen LogP contribution in [0.3, 0.4) is 0 Å². The van der Waals surface area contributed by atoms with Gasteiger partial charge in [-0.15, -0.1) is 0 Å². The van der Waals surface area contributed by atoms with E-state index in [0.29, 0.717) is 17.4 Å². The van der Waals surface area contributed by atoms with E-state index >= 15 is 0 Å². The summed E-state index contributed by atoms with van der Waals surface area (Å²) in [5.74, 6) is -0.836. The minimum absolute atomic E-state index is 0.0323. The molecular weight excluding hydrogens is 930 g/mol. The molecule has 0 N–H and O–H groups in total. The number of hydrogen-bond acceptors (Lipinski definition) is 8. The molecule has 0 aliphatic carbocycles. The average Bonchev–Trinajstić information content (AvgIpc) is 3.35. The lowest BCUT2D eigenvalue weighted by Crippen LogP contribution is -2.37.